The molecule has 132 valence electrons. The number of carbonyl (C=O) groups excluding carboxylic acids is 1. The molecule has 0 unspecified atom stereocenters. The van der Waals surface area contributed by atoms with E-state index in [1.54, 1.807) is 0 Å². The van der Waals surface area contributed by atoms with E-state index < -0.39 is 5.41 Å². The molecule has 4 heteroatoms. The molecule has 0 spiro atoms. The Bertz CT molecular complexity index is 693. The highest BCUT2D eigenvalue weighted by Gasteiger charge is 2.41. The summed E-state index contributed by atoms with van der Waals surface area (Å²) in [5.41, 5.74) is 1.60. The molecule has 0 atom stereocenters. The van der Waals surface area contributed by atoms with Crippen molar-refractivity contribution in [3.05, 3.63) is 65.7 Å². The first-order valence-corrected chi connectivity index (χ1v) is 8.88. The quantitative estimate of drug-likeness (QED) is 0.877. The number of amides is 1. The van der Waals surface area contributed by atoms with Crippen LogP contribution in [-0.4, -0.2) is 25.7 Å². The molecule has 2 aromatic rings. The molecule has 0 bridgehead atoms. The van der Waals surface area contributed by atoms with E-state index in [0.29, 0.717) is 39.2 Å². The molecule has 0 aromatic heterocycles. The Morgan fingerprint density at radius 3 is 2.60 bits per heavy atom. The van der Waals surface area contributed by atoms with Crippen molar-refractivity contribution in [1.29, 1.82) is 0 Å². The van der Waals surface area contributed by atoms with Crippen molar-refractivity contribution in [2.24, 2.45) is 0 Å². The second kappa shape index (κ2) is 8.17. The Kier molecular flexibility index (Phi) is 5.71. The molecule has 1 aliphatic rings. The van der Waals surface area contributed by atoms with E-state index in [2.05, 4.69) is 5.32 Å². The second-order valence-electron chi connectivity index (χ2n) is 6.32. The highest BCUT2D eigenvalue weighted by Crippen LogP contribution is 2.35. The zero-order chi connectivity index (χ0) is 17.5. The van der Waals surface area contributed by atoms with Crippen LogP contribution in [0.4, 0.5) is 0 Å². The molecule has 0 aliphatic carbocycles. The fourth-order valence-corrected chi connectivity index (χ4v) is 3.39. The van der Waals surface area contributed by atoms with E-state index in [9.17, 15) is 4.79 Å². The smallest absolute Gasteiger partial charge is 0.231 e. The zero-order valence-corrected chi connectivity index (χ0v) is 14.7. The lowest BCUT2D eigenvalue weighted by Crippen LogP contribution is -2.47. The largest absolute Gasteiger partial charge is 0.494 e. The normalized spacial score (nSPS) is 16.2. The summed E-state index contributed by atoms with van der Waals surface area (Å²) in [6, 6.07) is 17.9. The number of carbonyl (C=O) groups is 1. The van der Waals surface area contributed by atoms with Crippen molar-refractivity contribution in [3.63, 3.8) is 0 Å². The van der Waals surface area contributed by atoms with Crippen molar-refractivity contribution in [1.82, 2.24) is 5.32 Å². The van der Waals surface area contributed by atoms with Crippen LogP contribution in [0.5, 0.6) is 5.75 Å². The van der Waals surface area contributed by atoms with Crippen LogP contribution in [0.1, 0.15) is 30.9 Å². The van der Waals surface area contributed by atoms with Crippen LogP contribution < -0.4 is 10.1 Å². The topological polar surface area (TPSA) is 47.6 Å². The minimum absolute atomic E-state index is 0.0730. The molecule has 1 amide bonds. The van der Waals surface area contributed by atoms with Gasteiger partial charge in [0.15, 0.2) is 0 Å². The summed E-state index contributed by atoms with van der Waals surface area (Å²) in [4.78, 5) is 13.1. The molecule has 1 saturated heterocycles. The number of benzene rings is 2. The van der Waals surface area contributed by atoms with Gasteiger partial charge in [-0.1, -0.05) is 42.5 Å². The van der Waals surface area contributed by atoms with Gasteiger partial charge in [-0.15, -0.1) is 0 Å². The maximum Gasteiger partial charge on any atom is 0.231 e. The summed E-state index contributed by atoms with van der Waals surface area (Å²) in [6.45, 7) is 4.32. The molecule has 1 fully saturated rings. The first-order valence-electron chi connectivity index (χ1n) is 8.88. The van der Waals surface area contributed by atoms with Crippen LogP contribution >= 0.6 is 0 Å². The first kappa shape index (κ1) is 17.5. The average Bonchev–Trinajstić information content (AvgIpc) is 2.68. The predicted molar refractivity (Wildman–Crippen MR) is 97.6 cm³/mol. The van der Waals surface area contributed by atoms with E-state index in [1.165, 1.54) is 0 Å². The fourth-order valence-electron chi connectivity index (χ4n) is 3.39. The van der Waals surface area contributed by atoms with Crippen molar-refractivity contribution >= 4 is 5.91 Å². The van der Waals surface area contributed by atoms with Crippen LogP contribution in [0.25, 0.3) is 0 Å². The Balaban J connectivity index is 1.74. The number of rotatable bonds is 6. The van der Waals surface area contributed by atoms with E-state index in [0.717, 1.165) is 16.9 Å². The molecular formula is C21H25NO3. The molecule has 1 N–H and O–H groups in total. The van der Waals surface area contributed by atoms with Crippen LogP contribution in [0.2, 0.25) is 0 Å². The standard InChI is InChI=1S/C21H25NO3/c1-2-25-19-10-6-7-17(15-19)16-22-20(23)21(11-13-24-14-12-21)18-8-4-3-5-9-18/h3-10,15H,2,11-14,16H2,1H3,(H,22,23). The van der Waals surface area contributed by atoms with E-state index in [1.807, 2.05) is 61.5 Å². The molecule has 0 saturated carbocycles. The lowest BCUT2D eigenvalue weighted by Gasteiger charge is -2.36. The third-order valence-corrected chi connectivity index (χ3v) is 4.77. The third-order valence-electron chi connectivity index (χ3n) is 4.77. The highest BCUT2D eigenvalue weighted by atomic mass is 16.5. The van der Waals surface area contributed by atoms with Gasteiger partial charge >= 0.3 is 0 Å². The van der Waals surface area contributed by atoms with Crippen molar-refractivity contribution < 1.29 is 14.3 Å². The lowest BCUT2D eigenvalue weighted by molar-refractivity contribution is -0.130. The van der Waals surface area contributed by atoms with Gasteiger partial charge in [0.05, 0.1) is 12.0 Å². The number of nitrogens with one attached hydrogen (secondary N) is 1. The second-order valence-corrected chi connectivity index (χ2v) is 6.32. The fraction of sp³-hybridized carbons (Fsp3) is 0.381. The Hall–Kier alpha value is -2.33. The van der Waals surface area contributed by atoms with Gasteiger partial charge in [-0.05, 0) is 43.0 Å². The molecule has 1 heterocycles. The number of hydrogen-bond acceptors (Lipinski definition) is 3. The van der Waals surface area contributed by atoms with E-state index in [4.69, 9.17) is 9.47 Å². The lowest BCUT2D eigenvalue weighted by atomic mass is 9.73. The maximum absolute atomic E-state index is 13.1. The first-order chi connectivity index (χ1) is 12.2. The Morgan fingerprint density at radius 1 is 1.12 bits per heavy atom. The minimum atomic E-state index is -0.503. The van der Waals surface area contributed by atoms with Gasteiger partial charge in [0.25, 0.3) is 0 Å². The summed E-state index contributed by atoms with van der Waals surface area (Å²) in [5, 5.41) is 3.13. The average molecular weight is 339 g/mol. The maximum atomic E-state index is 13.1. The summed E-state index contributed by atoms with van der Waals surface area (Å²) in [6.07, 6.45) is 1.42. The summed E-state index contributed by atoms with van der Waals surface area (Å²) >= 11 is 0. The molecular weight excluding hydrogens is 314 g/mol. The predicted octanol–water partition coefficient (Wildman–Crippen LogP) is 3.45. The molecule has 0 radical (unpaired) electrons. The van der Waals surface area contributed by atoms with Gasteiger partial charge in [-0.3, -0.25) is 4.79 Å². The van der Waals surface area contributed by atoms with Crippen LogP contribution in [0.15, 0.2) is 54.6 Å². The van der Waals surface area contributed by atoms with Crippen LogP contribution in [0, 0.1) is 0 Å². The Morgan fingerprint density at radius 2 is 1.88 bits per heavy atom. The van der Waals surface area contributed by atoms with Gasteiger partial charge < -0.3 is 14.8 Å². The summed E-state index contributed by atoms with van der Waals surface area (Å²) in [5.74, 6) is 0.905. The molecule has 25 heavy (non-hydrogen) atoms. The van der Waals surface area contributed by atoms with E-state index >= 15 is 0 Å². The minimum Gasteiger partial charge on any atom is -0.494 e. The molecule has 4 nitrogen and oxygen atoms in total. The van der Waals surface area contributed by atoms with Gasteiger partial charge in [0.1, 0.15) is 5.75 Å². The van der Waals surface area contributed by atoms with Gasteiger partial charge in [0.2, 0.25) is 5.91 Å². The highest BCUT2D eigenvalue weighted by molar-refractivity contribution is 5.88. The van der Waals surface area contributed by atoms with Crippen molar-refractivity contribution in [2.45, 2.75) is 31.7 Å². The zero-order valence-electron chi connectivity index (χ0n) is 14.7. The van der Waals surface area contributed by atoms with Gasteiger partial charge in [-0.2, -0.15) is 0 Å². The molecule has 1 aliphatic heterocycles. The Labute approximate surface area is 149 Å². The van der Waals surface area contributed by atoms with Crippen LogP contribution in [-0.2, 0) is 21.5 Å². The third kappa shape index (κ3) is 4.02. The molecule has 2 aromatic carbocycles. The monoisotopic (exact) mass is 339 g/mol. The number of hydrogen-bond donors (Lipinski definition) is 1. The SMILES string of the molecule is CCOc1cccc(CNC(=O)C2(c3ccccc3)CCOCC2)c1. The van der Waals surface area contributed by atoms with Crippen molar-refractivity contribution in [2.75, 3.05) is 19.8 Å². The van der Waals surface area contributed by atoms with Crippen LogP contribution in [0.3, 0.4) is 0 Å². The van der Waals surface area contributed by atoms with Gasteiger partial charge in [0, 0.05) is 19.8 Å². The summed E-state index contributed by atoms with van der Waals surface area (Å²) < 4.78 is 11.0. The van der Waals surface area contributed by atoms with E-state index in [-0.39, 0.29) is 5.91 Å². The molecule has 3 rings (SSSR count). The van der Waals surface area contributed by atoms with Crippen molar-refractivity contribution in [3.8, 4) is 5.75 Å². The summed E-state index contributed by atoms with van der Waals surface area (Å²) in [7, 11) is 0. The number of ether oxygens (including phenoxy) is 2. The van der Waals surface area contributed by atoms with Gasteiger partial charge in [-0.25, -0.2) is 0 Å².